The second kappa shape index (κ2) is 7.28. The average Bonchev–Trinajstić information content (AvgIpc) is 2.41. The number of nitrogens with one attached hydrogen (secondary N) is 1. The number of hydrogen-bond donors (Lipinski definition) is 1. The Balaban J connectivity index is 2.11. The molecule has 4 heteroatoms. The Morgan fingerprint density at radius 3 is 2.70 bits per heavy atom. The Kier molecular flexibility index (Phi) is 5.94. The van der Waals surface area contributed by atoms with E-state index in [-0.39, 0.29) is 0 Å². The van der Waals surface area contributed by atoms with Crippen molar-refractivity contribution in [3.05, 3.63) is 27.1 Å². The van der Waals surface area contributed by atoms with Crippen molar-refractivity contribution in [2.75, 3.05) is 18.0 Å². The lowest BCUT2D eigenvalue weighted by atomic mass is 9.86. The molecular weight excluding hydrogens is 380 g/mol. The highest BCUT2D eigenvalue weighted by Crippen LogP contribution is 2.35. The van der Waals surface area contributed by atoms with E-state index in [1.165, 1.54) is 23.0 Å². The van der Waals surface area contributed by atoms with Gasteiger partial charge in [0.1, 0.15) is 0 Å². The fourth-order valence-corrected chi connectivity index (χ4v) is 4.31. The van der Waals surface area contributed by atoms with Crippen LogP contribution in [0, 0.1) is 5.92 Å². The van der Waals surface area contributed by atoms with E-state index in [1.54, 1.807) is 0 Å². The number of rotatable bonds is 4. The van der Waals surface area contributed by atoms with Crippen LogP contribution in [0.5, 0.6) is 0 Å². The van der Waals surface area contributed by atoms with Gasteiger partial charge in [0.25, 0.3) is 0 Å². The molecule has 0 bridgehead atoms. The molecule has 3 atom stereocenters. The van der Waals surface area contributed by atoms with Crippen molar-refractivity contribution in [2.45, 2.75) is 45.7 Å². The van der Waals surface area contributed by atoms with Crippen molar-refractivity contribution < 1.29 is 0 Å². The van der Waals surface area contributed by atoms with Crippen LogP contribution < -0.4 is 10.2 Å². The highest BCUT2D eigenvalue weighted by molar-refractivity contribution is 9.11. The van der Waals surface area contributed by atoms with Crippen LogP contribution in [0.15, 0.2) is 27.1 Å². The molecule has 1 aliphatic rings. The molecule has 3 unspecified atom stereocenters. The molecule has 1 aromatic rings. The molecule has 1 aliphatic heterocycles. The maximum absolute atomic E-state index is 3.70. The van der Waals surface area contributed by atoms with Crippen LogP contribution in [0.1, 0.15) is 33.6 Å². The molecule has 20 heavy (non-hydrogen) atoms. The van der Waals surface area contributed by atoms with Crippen molar-refractivity contribution in [1.82, 2.24) is 5.32 Å². The predicted molar refractivity (Wildman–Crippen MR) is 94.5 cm³/mol. The first-order valence-corrected chi connectivity index (χ1v) is 9.08. The van der Waals surface area contributed by atoms with Gasteiger partial charge in [-0.05, 0) is 66.4 Å². The van der Waals surface area contributed by atoms with Crippen molar-refractivity contribution >= 4 is 37.5 Å². The molecule has 1 heterocycles. The van der Waals surface area contributed by atoms with Crippen LogP contribution in [0.3, 0.4) is 0 Å². The second-order valence-electron chi connectivity index (χ2n) is 5.74. The van der Waals surface area contributed by atoms with E-state index in [0.29, 0.717) is 18.0 Å². The van der Waals surface area contributed by atoms with Crippen molar-refractivity contribution in [3.63, 3.8) is 0 Å². The topological polar surface area (TPSA) is 15.3 Å². The predicted octanol–water partition coefficient (Wildman–Crippen LogP) is 4.81. The highest BCUT2D eigenvalue weighted by atomic mass is 79.9. The van der Waals surface area contributed by atoms with Gasteiger partial charge in [-0.15, -0.1) is 0 Å². The number of halogens is 2. The molecule has 0 radical (unpaired) electrons. The molecule has 0 aliphatic carbocycles. The van der Waals surface area contributed by atoms with Gasteiger partial charge < -0.3 is 10.2 Å². The normalized spacial score (nSPS) is 26.9. The molecule has 1 aromatic carbocycles. The van der Waals surface area contributed by atoms with Crippen molar-refractivity contribution in [3.8, 4) is 0 Å². The minimum Gasteiger partial charge on any atom is -0.368 e. The van der Waals surface area contributed by atoms with Gasteiger partial charge in [0.05, 0.1) is 5.69 Å². The van der Waals surface area contributed by atoms with Crippen molar-refractivity contribution in [2.24, 2.45) is 5.92 Å². The van der Waals surface area contributed by atoms with Crippen LogP contribution in [0.25, 0.3) is 0 Å². The lowest BCUT2D eigenvalue weighted by Gasteiger charge is -2.44. The SMILES string of the molecule is CCCNC1CCN(c2ccc(Br)cc2Br)C(C)C1C. The first-order chi connectivity index (χ1) is 9.54. The fraction of sp³-hybridized carbons (Fsp3) is 0.625. The van der Waals surface area contributed by atoms with Crippen LogP contribution in [0.2, 0.25) is 0 Å². The number of piperidine rings is 1. The summed E-state index contributed by atoms with van der Waals surface area (Å²) in [4.78, 5) is 2.53. The summed E-state index contributed by atoms with van der Waals surface area (Å²) in [7, 11) is 0. The maximum atomic E-state index is 3.70. The number of hydrogen-bond acceptors (Lipinski definition) is 2. The Bertz CT molecular complexity index is 450. The van der Waals surface area contributed by atoms with Crippen LogP contribution >= 0.6 is 31.9 Å². The minimum atomic E-state index is 0.551. The molecule has 0 aromatic heterocycles. The summed E-state index contributed by atoms with van der Waals surface area (Å²) in [6.07, 6.45) is 2.42. The van der Waals surface area contributed by atoms with E-state index in [0.717, 1.165) is 17.6 Å². The van der Waals surface area contributed by atoms with Gasteiger partial charge in [-0.3, -0.25) is 0 Å². The fourth-order valence-electron chi connectivity index (χ4n) is 3.04. The molecular formula is C16H24Br2N2. The molecule has 2 rings (SSSR count). The van der Waals surface area contributed by atoms with Gasteiger partial charge in [0, 0.05) is 27.6 Å². The van der Waals surface area contributed by atoms with E-state index in [1.807, 2.05) is 0 Å². The Morgan fingerprint density at radius 1 is 1.30 bits per heavy atom. The Hall–Kier alpha value is -0.0600. The second-order valence-corrected chi connectivity index (χ2v) is 7.51. The van der Waals surface area contributed by atoms with Crippen LogP contribution in [-0.4, -0.2) is 25.2 Å². The average molecular weight is 404 g/mol. The summed E-state index contributed by atoms with van der Waals surface area (Å²) in [5.41, 5.74) is 1.31. The van der Waals surface area contributed by atoms with Gasteiger partial charge in [0.2, 0.25) is 0 Å². The third-order valence-electron chi connectivity index (χ3n) is 4.44. The Labute approximate surface area is 139 Å². The molecule has 1 N–H and O–H groups in total. The summed E-state index contributed by atoms with van der Waals surface area (Å²) in [6, 6.07) is 7.66. The van der Waals surface area contributed by atoms with Crippen molar-refractivity contribution in [1.29, 1.82) is 0 Å². The summed E-state index contributed by atoms with van der Waals surface area (Å²) in [5.74, 6) is 0.658. The monoisotopic (exact) mass is 402 g/mol. The summed E-state index contributed by atoms with van der Waals surface area (Å²) in [6.45, 7) is 9.20. The standard InChI is InChI=1S/C16H24Br2N2/c1-4-8-19-15-7-9-20(12(3)11(15)2)16-6-5-13(17)10-14(16)18/h5-6,10-12,15,19H,4,7-9H2,1-3H3. The third-order valence-corrected chi connectivity index (χ3v) is 5.57. The van der Waals surface area contributed by atoms with Gasteiger partial charge in [-0.25, -0.2) is 0 Å². The molecule has 1 saturated heterocycles. The quantitative estimate of drug-likeness (QED) is 0.775. The van der Waals surface area contributed by atoms with Gasteiger partial charge in [0.15, 0.2) is 0 Å². The molecule has 2 nitrogen and oxygen atoms in total. The summed E-state index contributed by atoms with van der Waals surface area (Å²) < 4.78 is 2.29. The zero-order chi connectivity index (χ0) is 14.7. The third kappa shape index (κ3) is 3.58. The number of nitrogens with zero attached hydrogens (tertiary/aromatic N) is 1. The first-order valence-electron chi connectivity index (χ1n) is 7.49. The Morgan fingerprint density at radius 2 is 2.05 bits per heavy atom. The van der Waals surface area contributed by atoms with Gasteiger partial charge >= 0.3 is 0 Å². The van der Waals surface area contributed by atoms with E-state index >= 15 is 0 Å². The van der Waals surface area contributed by atoms with Crippen LogP contribution in [0.4, 0.5) is 5.69 Å². The van der Waals surface area contributed by atoms with E-state index in [9.17, 15) is 0 Å². The summed E-state index contributed by atoms with van der Waals surface area (Å²) >= 11 is 7.23. The smallest absolute Gasteiger partial charge is 0.0513 e. The zero-order valence-corrected chi connectivity index (χ0v) is 15.7. The van der Waals surface area contributed by atoms with E-state index in [4.69, 9.17) is 0 Å². The molecule has 112 valence electrons. The van der Waals surface area contributed by atoms with E-state index < -0.39 is 0 Å². The maximum Gasteiger partial charge on any atom is 0.0513 e. The number of benzene rings is 1. The molecule has 0 spiro atoms. The number of anilines is 1. The van der Waals surface area contributed by atoms with Crippen LogP contribution in [-0.2, 0) is 0 Å². The zero-order valence-electron chi connectivity index (χ0n) is 12.5. The first kappa shape index (κ1) is 16.3. The van der Waals surface area contributed by atoms with Gasteiger partial charge in [-0.1, -0.05) is 29.8 Å². The largest absolute Gasteiger partial charge is 0.368 e. The molecule has 0 saturated carbocycles. The minimum absolute atomic E-state index is 0.551. The lowest BCUT2D eigenvalue weighted by molar-refractivity contribution is 0.271. The lowest BCUT2D eigenvalue weighted by Crippen LogP contribution is -2.53. The summed E-state index contributed by atoms with van der Waals surface area (Å²) in [5, 5.41) is 3.70. The highest BCUT2D eigenvalue weighted by Gasteiger charge is 2.32. The van der Waals surface area contributed by atoms with E-state index in [2.05, 4.69) is 81.0 Å². The molecule has 0 amide bonds. The van der Waals surface area contributed by atoms with Gasteiger partial charge in [-0.2, -0.15) is 0 Å². The molecule has 1 fully saturated rings.